The molecule has 206 valence electrons. The number of nitrogens with zero attached hydrogens (tertiary/aromatic N) is 4. The smallest absolute Gasteiger partial charge is 0.330 e. The molecule has 0 bridgehead atoms. The summed E-state index contributed by atoms with van der Waals surface area (Å²) < 4.78 is 33.8. The second-order valence-electron chi connectivity index (χ2n) is 9.64. The van der Waals surface area contributed by atoms with E-state index < -0.39 is 27.9 Å². The third kappa shape index (κ3) is 5.26. The maximum absolute atomic E-state index is 13.7. The van der Waals surface area contributed by atoms with Crippen molar-refractivity contribution in [3.05, 3.63) is 57.5 Å². The molecule has 1 atom stereocenters. The average molecular weight is 571 g/mol. The number of esters is 1. The number of hydrogen-bond acceptors (Lipinski definition) is 9. The third-order valence-corrected chi connectivity index (χ3v) is 9.96. The van der Waals surface area contributed by atoms with Crippen LogP contribution in [0.25, 0.3) is 10.8 Å². The summed E-state index contributed by atoms with van der Waals surface area (Å²) in [6, 6.07) is 8.78. The van der Waals surface area contributed by atoms with Crippen molar-refractivity contribution < 1.29 is 22.7 Å². The molecule has 1 saturated heterocycles. The van der Waals surface area contributed by atoms with Crippen LogP contribution >= 0.6 is 11.3 Å². The van der Waals surface area contributed by atoms with E-state index in [1.165, 1.54) is 32.7 Å². The number of benzene rings is 2. The number of amidine groups is 1. The van der Waals surface area contributed by atoms with Gasteiger partial charge in [0.1, 0.15) is 11.9 Å². The molecular weight excluding hydrogens is 540 g/mol. The van der Waals surface area contributed by atoms with E-state index in [1.54, 1.807) is 31.2 Å². The van der Waals surface area contributed by atoms with Gasteiger partial charge in [-0.2, -0.15) is 4.31 Å². The van der Waals surface area contributed by atoms with E-state index in [4.69, 9.17) is 15.9 Å². The highest BCUT2D eigenvalue weighted by atomic mass is 32.2. The predicted molar refractivity (Wildman–Crippen MR) is 147 cm³/mol. The van der Waals surface area contributed by atoms with E-state index in [0.29, 0.717) is 22.5 Å². The molecule has 1 unspecified atom stereocenters. The lowest BCUT2D eigenvalue weighted by molar-refractivity contribution is -0.149. The maximum Gasteiger partial charge on any atom is 0.330 e. The Balaban J connectivity index is 1.42. The van der Waals surface area contributed by atoms with Crippen LogP contribution in [0.5, 0.6) is 0 Å². The normalized spacial score (nSPS) is 18.6. The Labute approximate surface area is 230 Å². The molecule has 0 spiro atoms. The number of nitrogen functional groups attached to an aromatic ring is 1. The fourth-order valence-corrected chi connectivity index (χ4v) is 7.52. The second kappa shape index (κ2) is 10.6. The SMILES string of the molecule is CCOC(=O)C1CN(S(=O)(=O)c2ccc3ccc(C(=N)N)cc3c2)CCN1C(=O)c1nc2c(s1)CN(C)CC2. The molecule has 0 aliphatic carbocycles. The van der Waals surface area contributed by atoms with Crippen LogP contribution in [0, 0.1) is 5.41 Å². The summed E-state index contributed by atoms with van der Waals surface area (Å²) in [6.07, 6.45) is 0.753. The quantitative estimate of drug-likeness (QED) is 0.258. The molecule has 1 aromatic heterocycles. The molecule has 13 heteroatoms. The Morgan fingerprint density at radius 3 is 2.67 bits per heavy atom. The molecule has 0 saturated carbocycles. The summed E-state index contributed by atoms with van der Waals surface area (Å²) in [5.41, 5.74) is 6.99. The van der Waals surface area contributed by atoms with E-state index in [1.807, 2.05) is 7.05 Å². The van der Waals surface area contributed by atoms with E-state index in [2.05, 4.69) is 9.88 Å². The van der Waals surface area contributed by atoms with Gasteiger partial charge in [0.25, 0.3) is 5.91 Å². The molecule has 2 aliphatic heterocycles. The second-order valence-corrected chi connectivity index (χ2v) is 12.7. The number of amides is 1. The van der Waals surface area contributed by atoms with Crippen molar-refractivity contribution in [2.75, 3.05) is 39.8 Å². The van der Waals surface area contributed by atoms with Crippen molar-refractivity contribution in [2.24, 2.45) is 5.73 Å². The lowest BCUT2D eigenvalue weighted by atomic mass is 10.1. The van der Waals surface area contributed by atoms with Crippen molar-refractivity contribution in [3.8, 4) is 0 Å². The Morgan fingerprint density at radius 1 is 1.15 bits per heavy atom. The highest BCUT2D eigenvalue weighted by Crippen LogP contribution is 2.29. The first-order valence-corrected chi connectivity index (χ1v) is 14.9. The predicted octanol–water partition coefficient (Wildman–Crippen LogP) is 1.65. The van der Waals surface area contributed by atoms with Crippen LogP contribution in [0.3, 0.4) is 0 Å². The number of carbonyl (C=O) groups excluding carboxylic acids is 2. The molecule has 3 N–H and O–H groups in total. The van der Waals surface area contributed by atoms with Crippen LogP contribution in [0.1, 0.15) is 32.9 Å². The summed E-state index contributed by atoms with van der Waals surface area (Å²) in [5.74, 6) is -1.16. The van der Waals surface area contributed by atoms with Gasteiger partial charge in [-0.15, -0.1) is 11.3 Å². The molecule has 3 heterocycles. The van der Waals surface area contributed by atoms with Gasteiger partial charge < -0.3 is 20.3 Å². The molecular formula is C26H30N6O5S2. The molecule has 11 nitrogen and oxygen atoms in total. The summed E-state index contributed by atoms with van der Waals surface area (Å²) in [4.78, 5) is 35.7. The van der Waals surface area contributed by atoms with Gasteiger partial charge in [-0.25, -0.2) is 18.2 Å². The van der Waals surface area contributed by atoms with E-state index in [9.17, 15) is 18.0 Å². The number of sulfonamides is 1. The lowest BCUT2D eigenvalue weighted by Gasteiger charge is -2.38. The van der Waals surface area contributed by atoms with Crippen molar-refractivity contribution in [1.82, 2.24) is 19.1 Å². The third-order valence-electron chi connectivity index (χ3n) is 7.03. The van der Waals surface area contributed by atoms with Crippen LogP contribution < -0.4 is 5.73 Å². The Kier molecular flexibility index (Phi) is 7.42. The number of fused-ring (bicyclic) bond motifs is 2. The van der Waals surface area contributed by atoms with Gasteiger partial charge in [-0.1, -0.05) is 18.2 Å². The molecule has 2 aromatic carbocycles. The van der Waals surface area contributed by atoms with Crippen LogP contribution in [-0.4, -0.2) is 91.1 Å². The van der Waals surface area contributed by atoms with Gasteiger partial charge in [-0.05, 0) is 42.9 Å². The Hall–Kier alpha value is -3.39. The fraction of sp³-hybridized carbons (Fsp3) is 0.385. The number of nitrogens with one attached hydrogen (secondary N) is 1. The first-order valence-electron chi connectivity index (χ1n) is 12.6. The lowest BCUT2D eigenvalue weighted by Crippen LogP contribution is -2.59. The van der Waals surface area contributed by atoms with E-state index in [0.717, 1.165) is 28.9 Å². The number of hydrogen-bond donors (Lipinski definition) is 2. The fourth-order valence-electron chi connectivity index (χ4n) is 4.90. The molecule has 3 aromatic rings. The Bertz CT molecular complexity index is 1570. The number of likely N-dealkylation sites (N-methyl/N-ethyl adjacent to an activating group) is 1. The van der Waals surface area contributed by atoms with Crippen LogP contribution in [0.4, 0.5) is 0 Å². The van der Waals surface area contributed by atoms with Gasteiger partial charge in [0, 0.05) is 49.6 Å². The Morgan fingerprint density at radius 2 is 1.92 bits per heavy atom. The standard InChI is InChI=1S/C26H30N6O5S2/c1-3-37-26(34)21-14-31(10-11-32(21)25(33)24-29-20-8-9-30(2)15-22(20)38-24)39(35,36)19-7-6-16-4-5-17(23(27)28)12-18(16)13-19/h4-7,12-13,21H,3,8-11,14-15H2,1-2H3,(H3,27,28). The van der Waals surface area contributed by atoms with Gasteiger partial charge in [-0.3, -0.25) is 10.2 Å². The molecule has 1 amide bonds. The van der Waals surface area contributed by atoms with Gasteiger partial charge in [0.15, 0.2) is 5.01 Å². The first kappa shape index (κ1) is 27.2. The highest BCUT2D eigenvalue weighted by molar-refractivity contribution is 7.89. The topological polar surface area (TPSA) is 150 Å². The zero-order chi connectivity index (χ0) is 27.9. The summed E-state index contributed by atoms with van der Waals surface area (Å²) in [7, 11) is -1.99. The van der Waals surface area contributed by atoms with Crippen molar-refractivity contribution >= 4 is 49.8 Å². The number of ether oxygens (including phenoxy) is 1. The van der Waals surface area contributed by atoms with Crippen LogP contribution in [0.15, 0.2) is 41.3 Å². The number of nitrogens with two attached hydrogens (primary N) is 1. The number of aromatic nitrogens is 1. The molecule has 1 fully saturated rings. The molecule has 0 radical (unpaired) electrons. The monoisotopic (exact) mass is 570 g/mol. The summed E-state index contributed by atoms with van der Waals surface area (Å²) in [5, 5.41) is 9.40. The number of piperazine rings is 1. The zero-order valence-electron chi connectivity index (χ0n) is 21.7. The molecule has 39 heavy (non-hydrogen) atoms. The first-order chi connectivity index (χ1) is 18.6. The summed E-state index contributed by atoms with van der Waals surface area (Å²) in [6.45, 7) is 3.15. The van der Waals surface area contributed by atoms with Crippen molar-refractivity contribution in [2.45, 2.75) is 30.8 Å². The largest absolute Gasteiger partial charge is 0.464 e. The van der Waals surface area contributed by atoms with Gasteiger partial charge in [0.05, 0.1) is 17.2 Å². The van der Waals surface area contributed by atoms with Crippen molar-refractivity contribution in [3.63, 3.8) is 0 Å². The van der Waals surface area contributed by atoms with E-state index in [-0.39, 0.29) is 37.0 Å². The highest BCUT2D eigenvalue weighted by Gasteiger charge is 2.42. The van der Waals surface area contributed by atoms with E-state index >= 15 is 0 Å². The number of rotatable bonds is 6. The average Bonchev–Trinajstić information content (AvgIpc) is 3.35. The van der Waals surface area contributed by atoms with Crippen molar-refractivity contribution in [1.29, 1.82) is 5.41 Å². The van der Waals surface area contributed by atoms with Gasteiger partial charge >= 0.3 is 5.97 Å². The zero-order valence-corrected chi connectivity index (χ0v) is 23.3. The molecule has 2 aliphatic rings. The van der Waals surface area contributed by atoms with Gasteiger partial charge in [0.2, 0.25) is 10.0 Å². The maximum atomic E-state index is 13.7. The van der Waals surface area contributed by atoms with Crippen LogP contribution in [-0.2, 0) is 32.5 Å². The minimum atomic E-state index is -4.01. The summed E-state index contributed by atoms with van der Waals surface area (Å²) >= 11 is 1.32. The van der Waals surface area contributed by atoms with Crippen LogP contribution in [0.2, 0.25) is 0 Å². The minimum absolute atomic E-state index is 0.0172. The number of carbonyl (C=O) groups is 2. The molecule has 5 rings (SSSR count). The minimum Gasteiger partial charge on any atom is -0.464 e. The number of thiazole rings is 1.